The second-order valence-corrected chi connectivity index (χ2v) is 5.87. The molecule has 2 nitrogen and oxygen atoms in total. The molecule has 0 radical (unpaired) electrons. The van der Waals surface area contributed by atoms with E-state index in [1.54, 1.807) is 0 Å². The fourth-order valence-electron chi connectivity index (χ4n) is 2.15. The lowest BCUT2D eigenvalue weighted by Gasteiger charge is -2.08. The summed E-state index contributed by atoms with van der Waals surface area (Å²) in [5.41, 5.74) is 0. The highest BCUT2D eigenvalue weighted by molar-refractivity contribution is 9.10. The van der Waals surface area contributed by atoms with Gasteiger partial charge >= 0.3 is 0 Å². The van der Waals surface area contributed by atoms with Crippen molar-refractivity contribution in [2.24, 2.45) is 0 Å². The Hall–Kier alpha value is -1.06. The van der Waals surface area contributed by atoms with Crippen molar-refractivity contribution in [1.29, 1.82) is 0 Å². The lowest BCUT2D eigenvalue weighted by molar-refractivity contribution is 0.314. The van der Waals surface area contributed by atoms with Gasteiger partial charge in [-0.1, -0.05) is 47.8 Å². The number of rotatable bonds is 8. The summed E-state index contributed by atoms with van der Waals surface area (Å²) in [6, 6.07) is 12.5. The first-order chi connectivity index (χ1) is 9.79. The number of nitrogens with one attached hydrogen (secondary N) is 1. The fourth-order valence-corrected chi connectivity index (χ4v) is 2.53. The Balaban J connectivity index is 1.77. The summed E-state index contributed by atoms with van der Waals surface area (Å²) < 4.78 is 6.88. The van der Waals surface area contributed by atoms with Crippen LogP contribution in [0.2, 0.25) is 0 Å². The molecule has 0 aliphatic carbocycles. The Kier molecular flexibility index (Phi) is 6.34. The monoisotopic (exact) mass is 335 g/mol. The molecule has 20 heavy (non-hydrogen) atoms. The summed E-state index contributed by atoms with van der Waals surface area (Å²) in [6.45, 7) is 4.93. The third kappa shape index (κ3) is 4.80. The Morgan fingerprint density at radius 1 is 1.00 bits per heavy atom. The highest BCUT2D eigenvalue weighted by atomic mass is 79.9. The van der Waals surface area contributed by atoms with Crippen LogP contribution in [0.15, 0.2) is 40.9 Å². The molecule has 2 aromatic rings. The number of hydrogen-bond donors (Lipinski definition) is 1. The molecule has 0 unspecified atom stereocenters. The van der Waals surface area contributed by atoms with E-state index in [0.29, 0.717) is 6.61 Å². The zero-order valence-corrected chi connectivity index (χ0v) is 13.6. The quantitative estimate of drug-likeness (QED) is 0.702. The van der Waals surface area contributed by atoms with Crippen LogP contribution in [-0.4, -0.2) is 19.7 Å². The summed E-state index contributed by atoms with van der Waals surface area (Å²) >= 11 is 3.49. The molecule has 108 valence electrons. The molecule has 0 aliphatic heterocycles. The molecule has 0 aliphatic rings. The molecule has 0 fully saturated rings. The van der Waals surface area contributed by atoms with Gasteiger partial charge in [0.05, 0.1) is 0 Å². The van der Waals surface area contributed by atoms with Crippen molar-refractivity contribution in [3.63, 3.8) is 0 Å². The Bertz CT molecular complexity index is 542. The Morgan fingerprint density at radius 2 is 1.80 bits per heavy atom. The molecule has 1 N–H and O–H groups in total. The van der Waals surface area contributed by atoms with Gasteiger partial charge < -0.3 is 10.1 Å². The van der Waals surface area contributed by atoms with Gasteiger partial charge in [0.2, 0.25) is 0 Å². The van der Waals surface area contributed by atoms with Crippen LogP contribution < -0.4 is 10.1 Å². The normalized spacial score (nSPS) is 10.9. The molecule has 0 spiro atoms. The van der Waals surface area contributed by atoms with E-state index < -0.39 is 0 Å². The summed E-state index contributed by atoms with van der Waals surface area (Å²) in [5, 5.41) is 5.84. The van der Waals surface area contributed by atoms with E-state index in [4.69, 9.17) is 4.74 Å². The number of unbranched alkanes of at least 4 members (excludes halogenated alkanes) is 2. The van der Waals surface area contributed by atoms with Gasteiger partial charge in [0.25, 0.3) is 0 Å². The van der Waals surface area contributed by atoms with Gasteiger partial charge in [-0.25, -0.2) is 0 Å². The molecule has 0 amide bonds. The second kappa shape index (κ2) is 8.28. The minimum atomic E-state index is 0.716. The van der Waals surface area contributed by atoms with Gasteiger partial charge in [-0.2, -0.15) is 0 Å². The van der Waals surface area contributed by atoms with E-state index in [9.17, 15) is 0 Å². The summed E-state index contributed by atoms with van der Waals surface area (Å²) in [6.07, 6.45) is 3.82. The third-order valence-corrected chi connectivity index (χ3v) is 3.77. The average Bonchev–Trinajstić information content (AvgIpc) is 2.46. The van der Waals surface area contributed by atoms with E-state index in [-0.39, 0.29) is 0 Å². The summed E-state index contributed by atoms with van der Waals surface area (Å²) in [4.78, 5) is 0. The van der Waals surface area contributed by atoms with E-state index in [2.05, 4.69) is 58.5 Å². The van der Waals surface area contributed by atoms with Crippen LogP contribution in [0.25, 0.3) is 10.8 Å². The minimum absolute atomic E-state index is 0.716. The standard InChI is InChI=1S/C17H22BrNO/c1-2-3-4-9-19-10-11-20-17-8-6-14-12-16(18)7-5-15(14)13-17/h5-8,12-13,19H,2-4,9-11H2,1H3. The zero-order valence-electron chi connectivity index (χ0n) is 12.0. The minimum Gasteiger partial charge on any atom is -0.492 e. The highest BCUT2D eigenvalue weighted by Gasteiger charge is 1.98. The maximum Gasteiger partial charge on any atom is 0.120 e. The van der Waals surface area contributed by atoms with E-state index >= 15 is 0 Å². The molecule has 2 aromatic carbocycles. The molecule has 0 bridgehead atoms. The maximum absolute atomic E-state index is 5.78. The van der Waals surface area contributed by atoms with Crippen LogP contribution in [0, 0.1) is 0 Å². The topological polar surface area (TPSA) is 21.3 Å². The predicted octanol–water partition coefficient (Wildman–Crippen LogP) is 4.76. The lowest BCUT2D eigenvalue weighted by atomic mass is 10.1. The van der Waals surface area contributed by atoms with Crippen LogP contribution in [0.5, 0.6) is 5.75 Å². The van der Waals surface area contributed by atoms with Crippen LogP contribution in [-0.2, 0) is 0 Å². The summed E-state index contributed by atoms with van der Waals surface area (Å²) in [7, 11) is 0. The molecule has 0 saturated carbocycles. The van der Waals surface area contributed by atoms with E-state index in [1.165, 1.54) is 30.0 Å². The lowest BCUT2D eigenvalue weighted by Crippen LogP contribution is -2.22. The number of hydrogen-bond acceptors (Lipinski definition) is 2. The molecule has 0 atom stereocenters. The van der Waals surface area contributed by atoms with Crippen molar-refractivity contribution in [2.75, 3.05) is 19.7 Å². The first kappa shape index (κ1) is 15.3. The largest absolute Gasteiger partial charge is 0.492 e. The first-order valence-corrected chi connectivity index (χ1v) is 8.12. The van der Waals surface area contributed by atoms with Crippen molar-refractivity contribution < 1.29 is 4.74 Å². The molecule has 2 rings (SSSR count). The molecule has 0 aromatic heterocycles. The van der Waals surface area contributed by atoms with Crippen molar-refractivity contribution in [3.05, 3.63) is 40.9 Å². The van der Waals surface area contributed by atoms with Crippen molar-refractivity contribution >= 4 is 26.7 Å². The second-order valence-electron chi connectivity index (χ2n) is 4.96. The zero-order chi connectivity index (χ0) is 14.2. The van der Waals surface area contributed by atoms with Crippen LogP contribution in [0.1, 0.15) is 26.2 Å². The van der Waals surface area contributed by atoms with E-state index in [1.807, 2.05) is 6.07 Å². The maximum atomic E-state index is 5.78. The van der Waals surface area contributed by atoms with Gasteiger partial charge in [-0.3, -0.25) is 0 Å². The third-order valence-electron chi connectivity index (χ3n) is 3.28. The van der Waals surface area contributed by atoms with E-state index in [0.717, 1.165) is 23.3 Å². The molecule has 3 heteroatoms. The van der Waals surface area contributed by atoms with Gasteiger partial charge in [0.1, 0.15) is 12.4 Å². The SMILES string of the molecule is CCCCCNCCOc1ccc2cc(Br)ccc2c1. The van der Waals surface area contributed by atoms with Gasteiger partial charge in [-0.05, 0) is 48.0 Å². The average molecular weight is 336 g/mol. The molecule has 0 saturated heterocycles. The van der Waals surface area contributed by atoms with Crippen LogP contribution in [0.3, 0.4) is 0 Å². The van der Waals surface area contributed by atoms with Gasteiger partial charge in [0, 0.05) is 11.0 Å². The molecular formula is C17H22BrNO. The predicted molar refractivity (Wildman–Crippen MR) is 89.5 cm³/mol. The van der Waals surface area contributed by atoms with Crippen molar-refractivity contribution in [3.8, 4) is 5.75 Å². The molecular weight excluding hydrogens is 314 g/mol. The number of fused-ring (bicyclic) bond motifs is 1. The Labute approximate surface area is 129 Å². The fraction of sp³-hybridized carbons (Fsp3) is 0.412. The van der Waals surface area contributed by atoms with Gasteiger partial charge in [0.15, 0.2) is 0 Å². The number of ether oxygens (including phenoxy) is 1. The first-order valence-electron chi connectivity index (χ1n) is 7.32. The van der Waals surface area contributed by atoms with Crippen molar-refractivity contribution in [2.45, 2.75) is 26.2 Å². The highest BCUT2D eigenvalue weighted by Crippen LogP contribution is 2.23. The smallest absolute Gasteiger partial charge is 0.120 e. The van der Waals surface area contributed by atoms with Crippen molar-refractivity contribution in [1.82, 2.24) is 5.32 Å². The number of benzene rings is 2. The van der Waals surface area contributed by atoms with Crippen LogP contribution >= 0.6 is 15.9 Å². The molecule has 0 heterocycles. The number of halogens is 1. The summed E-state index contributed by atoms with van der Waals surface area (Å²) in [5.74, 6) is 0.940. The Morgan fingerprint density at radius 3 is 2.65 bits per heavy atom. The van der Waals surface area contributed by atoms with Gasteiger partial charge in [-0.15, -0.1) is 0 Å². The van der Waals surface area contributed by atoms with Crippen LogP contribution in [0.4, 0.5) is 0 Å².